The lowest BCUT2D eigenvalue weighted by atomic mass is 10.7. The molecule has 62 valence electrons. The van der Waals surface area contributed by atoms with Crippen molar-refractivity contribution in [2.45, 2.75) is 0 Å². The topological polar surface area (TPSA) is 82.1 Å². The summed E-state index contributed by atoms with van der Waals surface area (Å²) in [6.45, 7) is 3.27. The van der Waals surface area contributed by atoms with Gasteiger partial charge < -0.3 is 0 Å². The second kappa shape index (κ2) is 6.49. The van der Waals surface area contributed by atoms with Crippen LogP contribution in [-0.4, -0.2) is 11.9 Å². The highest BCUT2D eigenvalue weighted by Crippen LogP contribution is 2.38. The van der Waals surface area contributed by atoms with Gasteiger partial charge in [-0.3, -0.25) is 0 Å². The maximum Gasteiger partial charge on any atom is 0.778 e. The second-order valence-electron chi connectivity index (χ2n) is 1.19. The van der Waals surface area contributed by atoms with Crippen molar-refractivity contribution in [2.75, 3.05) is 6.61 Å². The zero-order valence-corrected chi connectivity index (χ0v) is 7.16. The van der Waals surface area contributed by atoms with E-state index in [1.165, 1.54) is 6.08 Å². The Bertz CT molecular complexity index is 167. The summed E-state index contributed by atoms with van der Waals surface area (Å²) in [7, 11) is -5.29. The van der Waals surface area contributed by atoms with E-state index >= 15 is 0 Å². The van der Waals surface area contributed by atoms with Gasteiger partial charge in [0.1, 0.15) is 6.61 Å². The molecule has 0 saturated carbocycles. The molecule has 0 heterocycles. The Balaban J connectivity index is 3.51. The maximum atomic E-state index is 10.5. The van der Waals surface area contributed by atoms with Crippen molar-refractivity contribution in [1.82, 2.24) is 0 Å². The fourth-order valence-electron chi connectivity index (χ4n) is 0.206. The van der Waals surface area contributed by atoms with Gasteiger partial charge in [-0.25, -0.2) is 5.26 Å². The molecule has 0 amide bonds. The van der Waals surface area contributed by atoms with Crippen LogP contribution in [0.1, 0.15) is 0 Å². The molecule has 0 radical (unpaired) electrons. The molecule has 0 rings (SSSR count). The van der Waals surface area contributed by atoms with Crippen LogP contribution in [0.25, 0.3) is 0 Å². The molecule has 0 aliphatic heterocycles. The molecule has 2 atom stereocenters. The first-order valence-corrected chi connectivity index (χ1v) is 4.57. The standard InChI is InChI=1S/C3H5O6P2/c1-2-3-7-10(5)9-11(6)8-4/h2H,1,3H2/q+1/p+1. The van der Waals surface area contributed by atoms with Crippen LogP contribution < -0.4 is 0 Å². The van der Waals surface area contributed by atoms with E-state index in [2.05, 4.69) is 20.1 Å². The van der Waals surface area contributed by atoms with Gasteiger partial charge in [0, 0.05) is 9.13 Å². The van der Waals surface area contributed by atoms with Gasteiger partial charge in [-0.05, 0) is 0 Å². The SMILES string of the molecule is C=CCO[P+](=O)O[P+](=O)OO. The lowest BCUT2D eigenvalue weighted by Gasteiger charge is -1.74. The highest BCUT2D eigenvalue weighted by atomic mass is 31.2. The quantitative estimate of drug-likeness (QED) is 0.305. The van der Waals surface area contributed by atoms with E-state index in [9.17, 15) is 9.13 Å². The highest BCUT2D eigenvalue weighted by molar-refractivity contribution is 7.47. The van der Waals surface area contributed by atoms with Crippen LogP contribution in [0.5, 0.6) is 0 Å². The summed E-state index contributed by atoms with van der Waals surface area (Å²) < 4.78 is 32.1. The van der Waals surface area contributed by atoms with E-state index in [-0.39, 0.29) is 6.61 Å². The van der Waals surface area contributed by atoms with Crippen LogP contribution in [0, 0.1) is 0 Å². The van der Waals surface area contributed by atoms with Gasteiger partial charge in [-0.2, -0.15) is 0 Å². The summed E-state index contributed by atoms with van der Waals surface area (Å²) in [4.78, 5) is 0. The van der Waals surface area contributed by atoms with Crippen molar-refractivity contribution in [2.24, 2.45) is 0 Å². The molecule has 0 saturated heterocycles. The van der Waals surface area contributed by atoms with Gasteiger partial charge in [0.15, 0.2) is 4.31 Å². The number of rotatable bonds is 6. The zero-order valence-electron chi connectivity index (χ0n) is 5.37. The molecule has 0 aromatic carbocycles. The van der Waals surface area contributed by atoms with Gasteiger partial charge in [0.25, 0.3) is 0 Å². The minimum absolute atomic E-state index is 0.00378. The van der Waals surface area contributed by atoms with Crippen molar-refractivity contribution in [1.29, 1.82) is 0 Å². The monoisotopic (exact) mass is 200 g/mol. The van der Waals surface area contributed by atoms with Gasteiger partial charge in [0.2, 0.25) is 0 Å². The average molecular weight is 200 g/mol. The Labute approximate surface area is 64.6 Å². The lowest BCUT2D eigenvalue weighted by molar-refractivity contribution is -0.137. The van der Waals surface area contributed by atoms with Crippen LogP contribution in [0.4, 0.5) is 0 Å². The molecule has 6 nitrogen and oxygen atoms in total. The van der Waals surface area contributed by atoms with E-state index in [0.717, 1.165) is 0 Å². The first-order chi connectivity index (χ1) is 5.20. The summed E-state index contributed by atoms with van der Waals surface area (Å²) in [6.07, 6.45) is 1.34. The van der Waals surface area contributed by atoms with E-state index in [1.807, 2.05) is 0 Å². The molecule has 0 spiro atoms. The predicted molar refractivity (Wildman–Crippen MR) is 36.2 cm³/mol. The normalized spacial score (nSPS) is 12.5. The molecule has 0 fully saturated rings. The first-order valence-electron chi connectivity index (χ1n) is 2.38. The lowest BCUT2D eigenvalue weighted by Crippen LogP contribution is -1.79. The van der Waals surface area contributed by atoms with Crippen LogP contribution in [0.15, 0.2) is 12.7 Å². The van der Waals surface area contributed by atoms with Crippen molar-refractivity contribution in [3.8, 4) is 0 Å². The van der Waals surface area contributed by atoms with Gasteiger partial charge in [-0.1, -0.05) is 6.08 Å². The Morgan fingerprint density at radius 3 is 2.55 bits per heavy atom. The van der Waals surface area contributed by atoms with Gasteiger partial charge in [0.05, 0.1) is 4.67 Å². The molecule has 0 aliphatic rings. The molecular weight excluding hydrogens is 194 g/mol. The van der Waals surface area contributed by atoms with Crippen molar-refractivity contribution in [3.05, 3.63) is 12.7 Å². The third-order valence-electron chi connectivity index (χ3n) is 0.498. The van der Waals surface area contributed by atoms with Crippen LogP contribution in [0.2, 0.25) is 0 Å². The van der Waals surface area contributed by atoms with Crippen LogP contribution in [-0.2, 0) is 22.6 Å². The third-order valence-corrected chi connectivity index (χ3v) is 2.06. The van der Waals surface area contributed by atoms with E-state index < -0.39 is 16.5 Å². The largest absolute Gasteiger partial charge is 0.778 e. The van der Waals surface area contributed by atoms with Gasteiger partial charge in [-0.15, -0.1) is 11.1 Å². The van der Waals surface area contributed by atoms with E-state index in [1.54, 1.807) is 0 Å². The second-order valence-corrected chi connectivity index (χ2v) is 3.16. The van der Waals surface area contributed by atoms with Crippen molar-refractivity contribution < 1.29 is 27.9 Å². The molecule has 0 aromatic heterocycles. The number of hydrogen-bond donors (Lipinski definition) is 1. The van der Waals surface area contributed by atoms with E-state index in [4.69, 9.17) is 5.26 Å². The third kappa shape index (κ3) is 6.19. The number of hydrogen-bond acceptors (Lipinski definition) is 6. The Morgan fingerprint density at radius 1 is 1.45 bits per heavy atom. The molecule has 0 aromatic rings. The molecule has 2 unspecified atom stereocenters. The van der Waals surface area contributed by atoms with E-state index in [0.29, 0.717) is 0 Å². The van der Waals surface area contributed by atoms with Crippen molar-refractivity contribution in [3.63, 3.8) is 0 Å². The van der Waals surface area contributed by atoms with Gasteiger partial charge >= 0.3 is 16.5 Å². The first kappa shape index (κ1) is 10.8. The average Bonchev–Trinajstić information content (AvgIpc) is 2.00. The smallest absolute Gasteiger partial charge is 0.202 e. The fourth-order valence-corrected chi connectivity index (χ4v) is 1.18. The Hall–Kier alpha value is -0.220. The zero-order chi connectivity index (χ0) is 8.69. The van der Waals surface area contributed by atoms with Crippen LogP contribution >= 0.6 is 16.5 Å². The molecule has 11 heavy (non-hydrogen) atoms. The fraction of sp³-hybridized carbons (Fsp3) is 0.333. The minimum Gasteiger partial charge on any atom is -0.202 e. The predicted octanol–water partition coefficient (Wildman–Crippen LogP) is 2.01. The summed E-state index contributed by atoms with van der Waals surface area (Å²) in [5.74, 6) is 0. The Kier molecular flexibility index (Phi) is 6.36. The maximum absolute atomic E-state index is 10.5. The summed E-state index contributed by atoms with van der Waals surface area (Å²) in [5, 5.41) is 7.70. The molecule has 0 aliphatic carbocycles. The molecule has 8 heteroatoms. The molecular formula is C3H6O6P2+2. The van der Waals surface area contributed by atoms with Crippen LogP contribution in [0.3, 0.4) is 0 Å². The van der Waals surface area contributed by atoms with Crippen molar-refractivity contribution >= 4 is 16.5 Å². The Morgan fingerprint density at radius 2 is 2.09 bits per heavy atom. The summed E-state index contributed by atoms with van der Waals surface area (Å²) in [5.41, 5.74) is 0. The molecule has 0 bridgehead atoms. The summed E-state index contributed by atoms with van der Waals surface area (Å²) in [6, 6.07) is 0. The molecule has 1 N–H and O–H groups in total. The summed E-state index contributed by atoms with van der Waals surface area (Å²) >= 11 is 0. The minimum atomic E-state index is -2.77. The highest BCUT2D eigenvalue weighted by Gasteiger charge is 2.40.